The van der Waals surface area contributed by atoms with Gasteiger partial charge in [0.15, 0.2) is 10.8 Å². The predicted molar refractivity (Wildman–Crippen MR) is 140 cm³/mol. The summed E-state index contributed by atoms with van der Waals surface area (Å²) in [6.07, 6.45) is -4.41. The molecule has 3 aromatic carbocycles. The van der Waals surface area contributed by atoms with Gasteiger partial charge in [-0.2, -0.15) is 13.2 Å². The number of halogens is 4. The van der Waals surface area contributed by atoms with Crippen LogP contribution < -0.4 is 5.32 Å². The zero-order chi connectivity index (χ0) is 26.3. The number of aromatic nitrogens is 3. The third-order valence-electron chi connectivity index (χ3n) is 6.12. The molecule has 1 atom stereocenters. The van der Waals surface area contributed by atoms with Crippen LogP contribution in [0.3, 0.4) is 0 Å². The Hall–Kier alpha value is -3.69. The molecule has 0 spiro atoms. The molecular weight excluding hydrogens is 521 g/mol. The summed E-state index contributed by atoms with van der Waals surface area (Å²) in [5, 5.41) is 5.79. The van der Waals surface area contributed by atoms with E-state index in [-0.39, 0.29) is 11.9 Å². The van der Waals surface area contributed by atoms with Crippen LogP contribution in [0.4, 0.5) is 13.2 Å². The third kappa shape index (κ3) is 4.84. The van der Waals surface area contributed by atoms with E-state index in [0.717, 1.165) is 28.9 Å². The fourth-order valence-corrected chi connectivity index (χ4v) is 5.10. The summed E-state index contributed by atoms with van der Waals surface area (Å²) in [4.78, 5) is 21.8. The highest BCUT2D eigenvalue weighted by molar-refractivity contribution is 7.13. The molecule has 0 unspecified atom stereocenters. The molecule has 2 heterocycles. The van der Waals surface area contributed by atoms with Crippen molar-refractivity contribution in [3.05, 3.63) is 93.8 Å². The zero-order valence-electron chi connectivity index (χ0n) is 19.7. The Morgan fingerprint density at radius 2 is 1.73 bits per heavy atom. The van der Waals surface area contributed by atoms with Crippen LogP contribution in [0.5, 0.6) is 0 Å². The Morgan fingerprint density at radius 1 is 1.03 bits per heavy atom. The maximum Gasteiger partial charge on any atom is 0.416 e. The van der Waals surface area contributed by atoms with Crippen LogP contribution in [0.15, 0.2) is 72.1 Å². The summed E-state index contributed by atoms with van der Waals surface area (Å²) in [6.45, 7) is 1.90. The lowest BCUT2D eigenvalue weighted by Gasteiger charge is -2.18. The number of hydrogen-bond donors (Lipinski definition) is 1. The first-order chi connectivity index (χ1) is 17.7. The minimum Gasteiger partial charge on any atom is -0.355 e. The van der Waals surface area contributed by atoms with Crippen molar-refractivity contribution < 1.29 is 18.0 Å². The van der Waals surface area contributed by atoms with Crippen LogP contribution in [-0.2, 0) is 6.18 Å². The second-order valence-electron chi connectivity index (χ2n) is 8.43. The molecule has 0 aliphatic rings. The molecule has 0 fully saturated rings. The first kappa shape index (κ1) is 25.0. The van der Waals surface area contributed by atoms with Gasteiger partial charge in [0.25, 0.3) is 5.91 Å². The first-order valence-electron chi connectivity index (χ1n) is 11.3. The number of imidazole rings is 1. The van der Waals surface area contributed by atoms with Crippen LogP contribution in [-0.4, -0.2) is 27.5 Å². The first-order valence-corrected chi connectivity index (χ1v) is 12.5. The lowest BCUT2D eigenvalue weighted by atomic mass is 10.0. The quantitative estimate of drug-likeness (QED) is 0.251. The molecule has 0 saturated carbocycles. The molecule has 0 saturated heterocycles. The van der Waals surface area contributed by atoms with Crippen molar-refractivity contribution in [1.29, 1.82) is 0 Å². The van der Waals surface area contributed by atoms with Crippen molar-refractivity contribution in [3.8, 4) is 22.1 Å². The number of nitrogens with zero attached hydrogens (tertiary/aromatic N) is 3. The molecule has 10 heteroatoms. The van der Waals surface area contributed by atoms with Gasteiger partial charge in [-0.05, 0) is 55.0 Å². The van der Waals surface area contributed by atoms with Gasteiger partial charge in [0.1, 0.15) is 0 Å². The van der Waals surface area contributed by atoms with Gasteiger partial charge in [0.2, 0.25) is 0 Å². The molecule has 0 aliphatic carbocycles. The van der Waals surface area contributed by atoms with Crippen molar-refractivity contribution in [1.82, 2.24) is 19.9 Å². The van der Waals surface area contributed by atoms with Crippen molar-refractivity contribution in [2.75, 3.05) is 7.05 Å². The minimum absolute atomic E-state index is 0.243. The largest absolute Gasteiger partial charge is 0.416 e. The van der Waals surface area contributed by atoms with E-state index in [1.54, 1.807) is 37.4 Å². The summed E-state index contributed by atoms with van der Waals surface area (Å²) in [5.41, 5.74) is 3.39. The topological polar surface area (TPSA) is 59.8 Å². The molecule has 2 aromatic heterocycles. The summed E-state index contributed by atoms with van der Waals surface area (Å²) < 4.78 is 41.3. The normalized spacial score (nSPS) is 12.6. The van der Waals surface area contributed by atoms with Crippen molar-refractivity contribution in [3.63, 3.8) is 0 Å². The monoisotopic (exact) mass is 540 g/mol. The fourth-order valence-electron chi connectivity index (χ4n) is 4.16. The highest BCUT2D eigenvalue weighted by atomic mass is 35.5. The number of nitrogens with one attached hydrogen (secondary N) is 1. The van der Waals surface area contributed by atoms with E-state index in [0.29, 0.717) is 32.5 Å². The number of alkyl halides is 3. The summed E-state index contributed by atoms with van der Waals surface area (Å²) in [6, 6.07) is 17.3. The van der Waals surface area contributed by atoms with Gasteiger partial charge < -0.3 is 9.88 Å². The van der Waals surface area contributed by atoms with E-state index in [4.69, 9.17) is 21.6 Å². The standard InChI is InChI=1S/C27H20ClF3N4OS/c1-15(16-3-8-19(9-4-16)27(29,30)31)35-23-12-7-18(25(36)32-2)13-21(23)33-24(35)26-34-22(14-37-26)17-5-10-20(28)11-6-17/h3-15H,1-2H3,(H,32,36)/t15-/m1/s1. The van der Waals surface area contributed by atoms with E-state index in [2.05, 4.69) is 5.32 Å². The van der Waals surface area contributed by atoms with Crippen LogP contribution in [0, 0.1) is 0 Å². The molecule has 0 aliphatic heterocycles. The van der Waals surface area contributed by atoms with E-state index in [1.165, 1.54) is 23.5 Å². The molecule has 1 amide bonds. The molecule has 37 heavy (non-hydrogen) atoms. The number of carbonyl (C=O) groups excluding carboxylic acids is 1. The number of benzene rings is 3. The summed E-state index contributed by atoms with van der Waals surface area (Å²) in [5.74, 6) is 0.315. The Morgan fingerprint density at radius 3 is 2.38 bits per heavy atom. The molecular formula is C27H20ClF3N4OS. The van der Waals surface area contributed by atoms with Gasteiger partial charge in [-0.3, -0.25) is 4.79 Å². The van der Waals surface area contributed by atoms with Crippen molar-refractivity contribution in [2.45, 2.75) is 19.1 Å². The van der Waals surface area contributed by atoms with Gasteiger partial charge in [-0.1, -0.05) is 35.9 Å². The van der Waals surface area contributed by atoms with Crippen molar-refractivity contribution >= 4 is 39.9 Å². The Balaban J connectivity index is 1.64. The molecule has 0 bridgehead atoms. The van der Waals surface area contributed by atoms with Crippen molar-refractivity contribution in [2.24, 2.45) is 0 Å². The van der Waals surface area contributed by atoms with Gasteiger partial charge in [0, 0.05) is 28.6 Å². The smallest absolute Gasteiger partial charge is 0.355 e. The number of rotatable bonds is 5. The van der Waals surface area contributed by atoms with E-state index < -0.39 is 11.7 Å². The van der Waals surface area contributed by atoms with Gasteiger partial charge in [-0.25, -0.2) is 9.97 Å². The molecule has 5 rings (SSSR count). The average Bonchev–Trinajstić information content (AvgIpc) is 3.52. The Kier molecular flexibility index (Phi) is 6.51. The third-order valence-corrected chi connectivity index (χ3v) is 7.21. The van der Waals surface area contributed by atoms with E-state index in [9.17, 15) is 18.0 Å². The van der Waals surface area contributed by atoms with E-state index >= 15 is 0 Å². The fraction of sp³-hybridized carbons (Fsp3) is 0.148. The molecule has 5 aromatic rings. The highest BCUT2D eigenvalue weighted by Gasteiger charge is 2.30. The SMILES string of the molecule is CNC(=O)c1ccc2c(c1)nc(-c1nc(-c3ccc(Cl)cc3)cs1)n2[C@H](C)c1ccc(C(F)(F)F)cc1. The van der Waals surface area contributed by atoms with E-state index in [1.807, 2.05) is 29.0 Å². The number of fused-ring (bicyclic) bond motifs is 1. The lowest BCUT2D eigenvalue weighted by molar-refractivity contribution is -0.137. The number of thiazole rings is 1. The lowest BCUT2D eigenvalue weighted by Crippen LogP contribution is -2.17. The Labute approximate surface area is 219 Å². The van der Waals surface area contributed by atoms with Crippen LogP contribution >= 0.6 is 22.9 Å². The minimum atomic E-state index is -4.41. The number of amides is 1. The second-order valence-corrected chi connectivity index (χ2v) is 9.72. The molecule has 1 N–H and O–H groups in total. The maximum atomic E-state index is 13.1. The summed E-state index contributed by atoms with van der Waals surface area (Å²) >= 11 is 7.43. The average molecular weight is 541 g/mol. The number of hydrogen-bond acceptors (Lipinski definition) is 4. The second kappa shape index (κ2) is 9.64. The molecule has 188 valence electrons. The molecule has 0 radical (unpaired) electrons. The van der Waals surface area contributed by atoms with Crippen LogP contribution in [0.1, 0.15) is 34.5 Å². The molecule has 5 nitrogen and oxygen atoms in total. The highest BCUT2D eigenvalue weighted by Crippen LogP contribution is 2.36. The van der Waals surface area contributed by atoms with Crippen LogP contribution in [0.2, 0.25) is 5.02 Å². The van der Waals surface area contributed by atoms with Gasteiger partial charge in [0.05, 0.1) is 28.3 Å². The summed E-state index contributed by atoms with van der Waals surface area (Å²) in [7, 11) is 1.55. The van der Waals surface area contributed by atoms with Gasteiger partial charge >= 0.3 is 6.18 Å². The maximum absolute atomic E-state index is 13.1. The Bertz CT molecular complexity index is 1590. The van der Waals surface area contributed by atoms with Crippen LogP contribution in [0.25, 0.3) is 33.1 Å². The number of carbonyl (C=O) groups is 1. The predicted octanol–water partition coefficient (Wildman–Crippen LogP) is 7.47. The van der Waals surface area contributed by atoms with Gasteiger partial charge in [-0.15, -0.1) is 11.3 Å². The zero-order valence-corrected chi connectivity index (χ0v) is 21.2.